The number of nitrogens with zero attached hydrogens (tertiary/aromatic N) is 1. The van der Waals surface area contributed by atoms with E-state index in [9.17, 15) is 0 Å². The Morgan fingerprint density at radius 2 is 1.56 bits per heavy atom. The Kier molecular flexibility index (Phi) is 8.57. The molecule has 0 saturated heterocycles. The van der Waals surface area contributed by atoms with Crippen LogP contribution in [0.1, 0.15) is 17.2 Å². The molecular formula is C21H21NO3. The van der Waals surface area contributed by atoms with Crippen molar-refractivity contribution in [1.82, 2.24) is 4.90 Å². The lowest BCUT2D eigenvalue weighted by Crippen LogP contribution is -2.31. The van der Waals surface area contributed by atoms with Crippen molar-refractivity contribution in [1.29, 1.82) is 0 Å². The van der Waals surface area contributed by atoms with Crippen molar-refractivity contribution in [3.8, 4) is 60.9 Å². The van der Waals surface area contributed by atoms with Gasteiger partial charge in [0.2, 0.25) is 0 Å². The topological polar surface area (TPSA) is 30.9 Å². The van der Waals surface area contributed by atoms with E-state index in [0.29, 0.717) is 36.7 Å². The molecule has 25 heavy (non-hydrogen) atoms. The zero-order chi connectivity index (χ0) is 18.7. The minimum atomic E-state index is -0.413. The number of hydrogen-bond donors (Lipinski definition) is 0. The molecule has 4 nitrogen and oxygen atoms in total. The number of methoxy groups -OCH3 is 2. The summed E-state index contributed by atoms with van der Waals surface area (Å²) < 4.78 is 16.5. The van der Waals surface area contributed by atoms with E-state index in [0.717, 1.165) is 5.56 Å². The molecule has 1 rings (SSSR count). The van der Waals surface area contributed by atoms with Crippen LogP contribution in [0.2, 0.25) is 0 Å². The number of rotatable bonds is 9. The van der Waals surface area contributed by atoms with Crippen LogP contribution in [0.25, 0.3) is 0 Å². The van der Waals surface area contributed by atoms with Crippen molar-refractivity contribution >= 4 is 0 Å². The summed E-state index contributed by atoms with van der Waals surface area (Å²) in [5.74, 6) is 11.4. The highest BCUT2D eigenvalue weighted by Crippen LogP contribution is 2.34. The van der Waals surface area contributed by atoms with Gasteiger partial charge in [0.15, 0.2) is 11.5 Å². The molecule has 0 spiro atoms. The Bertz CT molecular complexity index is 725. The van der Waals surface area contributed by atoms with Gasteiger partial charge >= 0.3 is 0 Å². The van der Waals surface area contributed by atoms with E-state index in [2.05, 4.69) is 23.7 Å². The minimum absolute atomic E-state index is 0.128. The second kappa shape index (κ2) is 10.7. The van der Waals surface area contributed by atoms with Crippen molar-refractivity contribution in [3.05, 3.63) is 23.3 Å². The molecule has 1 atom stereocenters. The van der Waals surface area contributed by atoms with Crippen LogP contribution < -0.4 is 9.47 Å². The standard InChI is InChI=1S/C21H21NO3/c1-7-11-22(12-8-2)16-21(25-13-9-3)18-15-20(24-6)19(23-5)14-17(18)10-4/h1-4,14-15,21H,11-13,16H2,5-6H3. The molecule has 0 heterocycles. The third kappa shape index (κ3) is 5.53. The van der Waals surface area contributed by atoms with Gasteiger partial charge < -0.3 is 14.2 Å². The first kappa shape index (κ1) is 20.0. The minimum Gasteiger partial charge on any atom is -0.493 e. The van der Waals surface area contributed by atoms with Gasteiger partial charge in [-0.3, -0.25) is 4.90 Å². The van der Waals surface area contributed by atoms with Crippen LogP contribution in [0.15, 0.2) is 12.1 Å². The van der Waals surface area contributed by atoms with Gasteiger partial charge in [0.05, 0.1) is 33.4 Å². The van der Waals surface area contributed by atoms with E-state index in [-0.39, 0.29) is 6.61 Å². The molecule has 0 fully saturated rings. The molecule has 0 N–H and O–H groups in total. The predicted octanol–water partition coefficient (Wildman–Crippen LogP) is 1.94. The summed E-state index contributed by atoms with van der Waals surface area (Å²) in [4.78, 5) is 1.90. The maximum absolute atomic E-state index is 5.81. The molecular weight excluding hydrogens is 314 g/mol. The Morgan fingerprint density at radius 3 is 2.04 bits per heavy atom. The van der Waals surface area contributed by atoms with Crippen LogP contribution in [-0.4, -0.2) is 45.4 Å². The molecule has 0 aliphatic rings. The van der Waals surface area contributed by atoms with Gasteiger partial charge in [0, 0.05) is 17.7 Å². The quantitative estimate of drug-likeness (QED) is 0.646. The monoisotopic (exact) mass is 335 g/mol. The van der Waals surface area contributed by atoms with Gasteiger partial charge in [-0.05, 0) is 12.1 Å². The molecule has 0 radical (unpaired) electrons. The Hall–Kier alpha value is -3.02. The maximum atomic E-state index is 5.81. The van der Waals surface area contributed by atoms with Crippen LogP contribution >= 0.6 is 0 Å². The summed E-state index contributed by atoms with van der Waals surface area (Å²) in [6.45, 7) is 1.35. The first-order chi connectivity index (χ1) is 12.1. The Morgan fingerprint density at radius 1 is 0.960 bits per heavy atom. The Balaban J connectivity index is 3.30. The third-order valence-corrected chi connectivity index (χ3v) is 3.48. The highest BCUT2D eigenvalue weighted by atomic mass is 16.5. The normalized spacial score (nSPS) is 10.8. The van der Waals surface area contributed by atoms with E-state index in [1.54, 1.807) is 26.4 Å². The average molecular weight is 335 g/mol. The van der Waals surface area contributed by atoms with Crippen molar-refractivity contribution in [3.63, 3.8) is 0 Å². The van der Waals surface area contributed by atoms with Crippen LogP contribution in [0.5, 0.6) is 11.5 Å². The zero-order valence-corrected chi connectivity index (χ0v) is 14.5. The van der Waals surface area contributed by atoms with Crippen LogP contribution in [-0.2, 0) is 4.74 Å². The summed E-state index contributed by atoms with van der Waals surface area (Å²) in [5.41, 5.74) is 1.38. The van der Waals surface area contributed by atoms with Crippen LogP contribution in [0.4, 0.5) is 0 Å². The van der Waals surface area contributed by atoms with Gasteiger partial charge in [-0.1, -0.05) is 23.7 Å². The maximum Gasteiger partial charge on any atom is 0.161 e. The van der Waals surface area contributed by atoms with Crippen molar-refractivity contribution in [2.45, 2.75) is 6.10 Å². The molecule has 1 aromatic rings. The fraction of sp³-hybridized carbons (Fsp3) is 0.333. The molecule has 0 amide bonds. The van der Waals surface area contributed by atoms with Crippen molar-refractivity contribution in [2.24, 2.45) is 0 Å². The highest BCUT2D eigenvalue weighted by Gasteiger charge is 2.21. The largest absolute Gasteiger partial charge is 0.493 e. The lowest BCUT2D eigenvalue weighted by atomic mass is 10.0. The molecule has 1 aromatic carbocycles. The Labute approximate surface area is 150 Å². The summed E-state index contributed by atoms with van der Waals surface area (Å²) in [5, 5.41) is 0. The smallest absolute Gasteiger partial charge is 0.161 e. The highest BCUT2D eigenvalue weighted by molar-refractivity contribution is 5.53. The molecule has 1 unspecified atom stereocenters. The lowest BCUT2D eigenvalue weighted by Gasteiger charge is -2.26. The number of terminal acetylenes is 4. The number of hydrogen-bond acceptors (Lipinski definition) is 4. The molecule has 0 bridgehead atoms. The predicted molar refractivity (Wildman–Crippen MR) is 99.1 cm³/mol. The summed E-state index contributed by atoms with van der Waals surface area (Å²) in [6, 6.07) is 3.52. The molecule has 0 saturated carbocycles. The van der Waals surface area contributed by atoms with Crippen molar-refractivity contribution in [2.75, 3.05) is 40.5 Å². The van der Waals surface area contributed by atoms with Gasteiger partial charge in [0.25, 0.3) is 0 Å². The fourth-order valence-electron chi connectivity index (χ4n) is 2.35. The van der Waals surface area contributed by atoms with E-state index >= 15 is 0 Å². The molecule has 0 aliphatic heterocycles. The zero-order valence-electron chi connectivity index (χ0n) is 14.5. The summed E-state index contributed by atoms with van der Waals surface area (Å²) in [7, 11) is 3.10. The second-order valence-electron chi connectivity index (χ2n) is 5.02. The first-order valence-corrected chi connectivity index (χ1v) is 7.51. The molecule has 4 heteroatoms. The SMILES string of the molecule is C#CCOC(CN(CC#C)CC#C)c1cc(OC)c(OC)cc1C#C. The van der Waals surface area contributed by atoms with E-state index in [1.807, 2.05) is 4.90 Å². The van der Waals surface area contributed by atoms with E-state index in [1.165, 1.54) is 0 Å². The van der Waals surface area contributed by atoms with Gasteiger partial charge in [0.1, 0.15) is 6.61 Å². The van der Waals surface area contributed by atoms with Gasteiger partial charge in [-0.2, -0.15) is 0 Å². The summed E-state index contributed by atoms with van der Waals surface area (Å²) in [6.07, 6.45) is 21.4. The van der Waals surface area contributed by atoms with Crippen LogP contribution in [0.3, 0.4) is 0 Å². The van der Waals surface area contributed by atoms with Crippen LogP contribution in [0, 0.1) is 49.4 Å². The number of ether oxygens (including phenoxy) is 3. The molecule has 0 aliphatic carbocycles. The number of benzene rings is 1. The third-order valence-electron chi connectivity index (χ3n) is 3.48. The molecule has 128 valence electrons. The lowest BCUT2D eigenvalue weighted by molar-refractivity contribution is 0.0508. The van der Waals surface area contributed by atoms with E-state index < -0.39 is 6.10 Å². The van der Waals surface area contributed by atoms with E-state index in [4.69, 9.17) is 39.9 Å². The summed E-state index contributed by atoms with van der Waals surface area (Å²) >= 11 is 0. The first-order valence-electron chi connectivity index (χ1n) is 7.51. The van der Waals surface area contributed by atoms with Crippen molar-refractivity contribution < 1.29 is 14.2 Å². The van der Waals surface area contributed by atoms with Gasteiger partial charge in [-0.15, -0.1) is 25.7 Å². The average Bonchev–Trinajstić information content (AvgIpc) is 2.64. The fourth-order valence-corrected chi connectivity index (χ4v) is 2.35. The molecule has 0 aromatic heterocycles. The van der Waals surface area contributed by atoms with Gasteiger partial charge in [-0.25, -0.2) is 0 Å². The second-order valence-corrected chi connectivity index (χ2v) is 5.02.